The van der Waals surface area contributed by atoms with Crippen molar-refractivity contribution in [3.05, 3.63) is 24.0 Å². The molecule has 3 nitrogen and oxygen atoms in total. The van der Waals surface area contributed by atoms with Crippen molar-refractivity contribution in [2.75, 3.05) is 18.1 Å². The standard InChI is InChI=1S/C11H13N3S/c1-15-11(3-4-11)8-14-10-7-13-5-2-9(10)6-12/h2,5,7,14H,3-4,8H2,1H3. The van der Waals surface area contributed by atoms with Crippen LogP contribution < -0.4 is 5.32 Å². The molecule has 0 aliphatic heterocycles. The van der Waals surface area contributed by atoms with E-state index in [9.17, 15) is 0 Å². The molecule has 0 spiro atoms. The molecule has 0 radical (unpaired) electrons. The molecule has 1 heterocycles. The van der Waals surface area contributed by atoms with Gasteiger partial charge in [-0.15, -0.1) is 0 Å². The lowest BCUT2D eigenvalue weighted by Crippen LogP contribution is -2.18. The highest BCUT2D eigenvalue weighted by molar-refractivity contribution is 8.00. The molecule has 0 bridgehead atoms. The first kappa shape index (κ1) is 10.3. The molecule has 15 heavy (non-hydrogen) atoms. The summed E-state index contributed by atoms with van der Waals surface area (Å²) in [6.45, 7) is 0.925. The van der Waals surface area contributed by atoms with E-state index in [1.807, 2.05) is 11.8 Å². The summed E-state index contributed by atoms with van der Waals surface area (Å²) in [6, 6.07) is 3.90. The fourth-order valence-electron chi connectivity index (χ4n) is 1.48. The number of pyridine rings is 1. The molecule has 1 aliphatic carbocycles. The summed E-state index contributed by atoms with van der Waals surface area (Å²) in [5.41, 5.74) is 1.52. The van der Waals surface area contributed by atoms with Crippen molar-refractivity contribution in [1.82, 2.24) is 4.98 Å². The smallest absolute Gasteiger partial charge is 0.101 e. The minimum atomic E-state index is 0.405. The van der Waals surface area contributed by atoms with E-state index in [2.05, 4.69) is 22.6 Å². The van der Waals surface area contributed by atoms with Crippen LogP contribution in [0.25, 0.3) is 0 Å². The van der Waals surface area contributed by atoms with Crippen molar-refractivity contribution in [2.24, 2.45) is 0 Å². The highest BCUT2D eigenvalue weighted by atomic mass is 32.2. The minimum Gasteiger partial charge on any atom is -0.381 e. The van der Waals surface area contributed by atoms with Crippen LogP contribution in [0, 0.1) is 11.3 Å². The number of rotatable bonds is 4. The van der Waals surface area contributed by atoms with Crippen molar-refractivity contribution in [1.29, 1.82) is 5.26 Å². The second-order valence-corrected chi connectivity index (χ2v) is 5.05. The summed E-state index contributed by atoms with van der Waals surface area (Å²) in [4.78, 5) is 4.02. The highest BCUT2D eigenvalue weighted by Crippen LogP contribution is 2.47. The maximum Gasteiger partial charge on any atom is 0.101 e. The number of nitrogens with zero attached hydrogens (tertiary/aromatic N) is 2. The number of nitrogens with one attached hydrogen (secondary N) is 1. The largest absolute Gasteiger partial charge is 0.381 e. The van der Waals surface area contributed by atoms with Crippen LogP contribution >= 0.6 is 11.8 Å². The van der Waals surface area contributed by atoms with Gasteiger partial charge >= 0.3 is 0 Å². The maximum atomic E-state index is 8.90. The van der Waals surface area contributed by atoms with Crippen LogP contribution in [0.4, 0.5) is 5.69 Å². The van der Waals surface area contributed by atoms with Crippen LogP contribution in [0.1, 0.15) is 18.4 Å². The number of thioether (sulfide) groups is 1. The van der Waals surface area contributed by atoms with E-state index in [0.29, 0.717) is 10.3 Å². The van der Waals surface area contributed by atoms with Gasteiger partial charge in [-0.2, -0.15) is 17.0 Å². The molecule has 4 heteroatoms. The molecule has 78 valence electrons. The quantitative estimate of drug-likeness (QED) is 0.844. The molecule has 0 saturated heterocycles. The topological polar surface area (TPSA) is 48.7 Å². The molecular formula is C11H13N3S. The van der Waals surface area contributed by atoms with Crippen molar-refractivity contribution in [2.45, 2.75) is 17.6 Å². The molecule has 1 saturated carbocycles. The Hall–Kier alpha value is -1.21. The first-order valence-corrected chi connectivity index (χ1v) is 6.15. The van der Waals surface area contributed by atoms with Gasteiger partial charge in [0.05, 0.1) is 17.4 Å². The van der Waals surface area contributed by atoms with E-state index in [1.165, 1.54) is 12.8 Å². The van der Waals surface area contributed by atoms with Gasteiger partial charge in [0, 0.05) is 17.5 Å². The van der Waals surface area contributed by atoms with E-state index in [-0.39, 0.29) is 0 Å². The Bertz CT molecular complexity index is 393. The fourth-order valence-corrected chi connectivity index (χ4v) is 2.21. The number of aromatic nitrogens is 1. The number of anilines is 1. The van der Waals surface area contributed by atoms with Gasteiger partial charge in [-0.1, -0.05) is 0 Å². The Morgan fingerprint density at radius 3 is 3.07 bits per heavy atom. The molecule has 2 rings (SSSR count). The maximum absolute atomic E-state index is 8.90. The molecular weight excluding hydrogens is 206 g/mol. The third-order valence-electron chi connectivity index (χ3n) is 2.78. The Balaban J connectivity index is 2.02. The minimum absolute atomic E-state index is 0.405. The second-order valence-electron chi connectivity index (χ2n) is 3.77. The molecule has 0 atom stereocenters. The van der Waals surface area contributed by atoms with Gasteiger partial charge in [0.15, 0.2) is 0 Å². The third kappa shape index (κ3) is 2.24. The molecule has 0 unspecified atom stereocenters. The van der Waals surface area contributed by atoms with Gasteiger partial charge in [-0.3, -0.25) is 4.98 Å². The molecule has 1 aliphatic rings. The van der Waals surface area contributed by atoms with Crippen LogP contribution in [0.2, 0.25) is 0 Å². The summed E-state index contributed by atoms with van der Waals surface area (Å²) < 4.78 is 0.405. The first-order chi connectivity index (χ1) is 7.29. The SMILES string of the molecule is CSC1(CNc2cnccc2C#N)CC1. The molecule has 0 aromatic carbocycles. The summed E-state index contributed by atoms with van der Waals surface area (Å²) in [5.74, 6) is 0. The van der Waals surface area contributed by atoms with Crippen LogP contribution in [0.3, 0.4) is 0 Å². The lowest BCUT2D eigenvalue weighted by atomic mass is 10.2. The summed E-state index contributed by atoms with van der Waals surface area (Å²) in [5, 5.41) is 12.2. The van der Waals surface area contributed by atoms with E-state index in [0.717, 1.165) is 12.2 Å². The van der Waals surface area contributed by atoms with Gasteiger partial charge < -0.3 is 5.32 Å². The van der Waals surface area contributed by atoms with Gasteiger partial charge in [0.1, 0.15) is 6.07 Å². The van der Waals surface area contributed by atoms with Crippen molar-refractivity contribution < 1.29 is 0 Å². The zero-order chi connectivity index (χ0) is 10.7. The third-order valence-corrected chi connectivity index (χ3v) is 4.20. The molecule has 1 N–H and O–H groups in total. The van der Waals surface area contributed by atoms with Crippen molar-refractivity contribution in [3.63, 3.8) is 0 Å². The summed E-state index contributed by atoms with van der Waals surface area (Å²) in [6.07, 6.45) is 8.04. The number of hydrogen-bond donors (Lipinski definition) is 1. The predicted molar refractivity (Wildman–Crippen MR) is 62.9 cm³/mol. The Morgan fingerprint density at radius 2 is 2.47 bits per heavy atom. The molecule has 1 aromatic rings. The average Bonchev–Trinajstić information content (AvgIpc) is 3.07. The number of hydrogen-bond acceptors (Lipinski definition) is 4. The Kier molecular flexibility index (Phi) is 2.83. The van der Waals surface area contributed by atoms with Crippen LogP contribution in [0.15, 0.2) is 18.5 Å². The Labute approximate surface area is 93.9 Å². The molecule has 1 fully saturated rings. The zero-order valence-corrected chi connectivity index (χ0v) is 9.47. The van der Waals surface area contributed by atoms with Crippen molar-refractivity contribution >= 4 is 17.4 Å². The van der Waals surface area contributed by atoms with E-state index in [4.69, 9.17) is 5.26 Å². The van der Waals surface area contributed by atoms with Crippen LogP contribution in [-0.2, 0) is 0 Å². The van der Waals surface area contributed by atoms with Gasteiger partial charge in [0.25, 0.3) is 0 Å². The van der Waals surface area contributed by atoms with E-state index < -0.39 is 0 Å². The first-order valence-electron chi connectivity index (χ1n) is 4.93. The summed E-state index contributed by atoms with van der Waals surface area (Å²) >= 11 is 1.91. The average molecular weight is 219 g/mol. The monoisotopic (exact) mass is 219 g/mol. The second kappa shape index (κ2) is 4.11. The van der Waals surface area contributed by atoms with E-state index >= 15 is 0 Å². The predicted octanol–water partition coefficient (Wildman–Crippen LogP) is 2.26. The van der Waals surface area contributed by atoms with Gasteiger partial charge in [-0.25, -0.2) is 0 Å². The van der Waals surface area contributed by atoms with Gasteiger partial charge in [0.2, 0.25) is 0 Å². The normalized spacial score (nSPS) is 16.8. The Morgan fingerprint density at radius 1 is 1.67 bits per heavy atom. The van der Waals surface area contributed by atoms with Crippen LogP contribution in [0.5, 0.6) is 0 Å². The highest BCUT2D eigenvalue weighted by Gasteiger charge is 2.41. The number of nitriles is 1. The van der Waals surface area contributed by atoms with Crippen molar-refractivity contribution in [3.8, 4) is 6.07 Å². The fraction of sp³-hybridized carbons (Fsp3) is 0.455. The zero-order valence-electron chi connectivity index (χ0n) is 8.66. The lowest BCUT2D eigenvalue weighted by molar-refractivity contribution is 0.947. The molecule has 0 amide bonds. The van der Waals surface area contributed by atoms with E-state index in [1.54, 1.807) is 18.5 Å². The lowest BCUT2D eigenvalue weighted by Gasteiger charge is -2.14. The summed E-state index contributed by atoms with van der Waals surface area (Å²) in [7, 11) is 0. The molecule has 1 aromatic heterocycles. The van der Waals surface area contributed by atoms with Gasteiger partial charge in [-0.05, 0) is 25.2 Å². The van der Waals surface area contributed by atoms with Crippen LogP contribution in [-0.4, -0.2) is 22.5 Å².